The molecule has 0 saturated heterocycles. The van der Waals surface area contributed by atoms with Crippen LogP contribution in [-0.4, -0.2) is 44.0 Å². The van der Waals surface area contributed by atoms with Crippen LogP contribution in [0.25, 0.3) is 0 Å². The number of unbranched alkanes of at least 4 members (excludes halogenated alkanes) is 21. The van der Waals surface area contributed by atoms with Crippen molar-refractivity contribution >= 4 is 19.4 Å². The third-order valence-corrected chi connectivity index (χ3v) is 11.0. The van der Waals surface area contributed by atoms with Crippen molar-refractivity contribution in [2.75, 3.05) is 44.0 Å². The maximum Gasteiger partial charge on any atom is 0.330 e. The Balaban J connectivity index is 3.15. The Morgan fingerprint density at radius 1 is 0.475 bits per heavy atom. The molecule has 0 saturated carbocycles. The quantitative estimate of drug-likeness (QED) is 0.0575. The fourth-order valence-electron chi connectivity index (χ4n) is 5.28. The molecule has 6 heteroatoms. The first-order valence-electron chi connectivity index (χ1n) is 17.8. The molecule has 0 aliphatic carbocycles. The molecule has 0 atom stereocenters. The molecule has 0 radical (unpaired) electrons. The molecular weight excluding hydrogens is 533 g/mol. The number of nitrogens with one attached hydrogen (secondary N) is 1. The third-order valence-electron chi connectivity index (χ3n) is 7.72. The smallest absolute Gasteiger partial charge is 0.317 e. The normalized spacial score (nSPS) is 12.0. The van der Waals surface area contributed by atoms with Gasteiger partial charge in [-0.2, -0.15) is 11.8 Å². The molecule has 0 aromatic heterocycles. The molecule has 0 aromatic carbocycles. The lowest BCUT2D eigenvalue weighted by Crippen LogP contribution is -2.17. The molecular formula is C34H72NO3PS. The van der Waals surface area contributed by atoms with Crippen LogP contribution in [0, 0.1) is 0 Å². The summed E-state index contributed by atoms with van der Waals surface area (Å²) >= 11 is 2.16. The van der Waals surface area contributed by atoms with E-state index >= 15 is 0 Å². The van der Waals surface area contributed by atoms with E-state index in [1.165, 1.54) is 166 Å². The summed E-state index contributed by atoms with van der Waals surface area (Å²) in [6, 6.07) is 0. The van der Waals surface area contributed by atoms with E-state index in [2.05, 4.69) is 24.0 Å². The molecule has 4 nitrogen and oxygen atoms in total. The number of thioether (sulfide) groups is 1. The summed E-state index contributed by atoms with van der Waals surface area (Å²) in [4.78, 5) is 0. The van der Waals surface area contributed by atoms with E-state index in [0.717, 1.165) is 12.8 Å². The standard InChI is InChI=1S/C34H72NO3PS/c1-4-7-8-9-10-11-12-13-14-15-19-22-25-28-33-40-34-29-31-35-30-26-23-20-17-16-18-21-24-27-32-39(36,37-5-2)38-6-3/h35H,4-34H2,1-3H3. The van der Waals surface area contributed by atoms with Gasteiger partial charge in [-0.25, -0.2) is 0 Å². The van der Waals surface area contributed by atoms with E-state index in [1.54, 1.807) is 0 Å². The lowest BCUT2D eigenvalue weighted by Gasteiger charge is -2.16. The van der Waals surface area contributed by atoms with Gasteiger partial charge in [0.25, 0.3) is 0 Å². The van der Waals surface area contributed by atoms with Crippen molar-refractivity contribution in [1.82, 2.24) is 5.32 Å². The van der Waals surface area contributed by atoms with E-state index in [9.17, 15) is 4.57 Å². The highest BCUT2D eigenvalue weighted by atomic mass is 32.2. The molecule has 40 heavy (non-hydrogen) atoms. The summed E-state index contributed by atoms with van der Waals surface area (Å²) in [6.07, 6.45) is 33.5. The fourth-order valence-corrected chi connectivity index (χ4v) is 7.97. The lowest BCUT2D eigenvalue weighted by molar-refractivity contribution is 0.219. The maximum atomic E-state index is 12.4. The summed E-state index contributed by atoms with van der Waals surface area (Å²) in [7, 11) is -2.83. The van der Waals surface area contributed by atoms with E-state index in [-0.39, 0.29) is 0 Å². The summed E-state index contributed by atoms with van der Waals surface area (Å²) < 4.78 is 23.1. The van der Waals surface area contributed by atoms with Gasteiger partial charge in [-0.15, -0.1) is 0 Å². The molecule has 0 aliphatic heterocycles. The highest BCUT2D eigenvalue weighted by molar-refractivity contribution is 7.99. The average Bonchev–Trinajstić information content (AvgIpc) is 2.94. The van der Waals surface area contributed by atoms with Crippen molar-refractivity contribution in [3.05, 3.63) is 0 Å². The van der Waals surface area contributed by atoms with Gasteiger partial charge in [-0.1, -0.05) is 135 Å². The van der Waals surface area contributed by atoms with E-state index in [4.69, 9.17) is 9.05 Å². The van der Waals surface area contributed by atoms with Gasteiger partial charge >= 0.3 is 7.60 Å². The van der Waals surface area contributed by atoms with Crippen LogP contribution >= 0.6 is 19.4 Å². The van der Waals surface area contributed by atoms with E-state index in [0.29, 0.717) is 19.4 Å². The molecule has 0 heterocycles. The molecule has 0 aromatic rings. The van der Waals surface area contributed by atoms with Crippen molar-refractivity contribution in [3.63, 3.8) is 0 Å². The van der Waals surface area contributed by atoms with Crippen LogP contribution in [-0.2, 0) is 13.6 Å². The van der Waals surface area contributed by atoms with Gasteiger partial charge in [0.05, 0.1) is 19.4 Å². The van der Waals surface area contributed by atoms with Crippen LogP contribution in [0.15, 0.2) is 0 Å². The minimum atomic E-state index is -2.83. The summed E-state index contributed by atoms with van der Waals surface area (Å²) in [5.41, 5.74) is 0. The van der Waals surface area contributed by atoms with Gasteiger partial charge in [0.15, 0.2) is 0 Å². The second-order valence-corrected chi connectivity index (χ2v) is 15.1. The average molecular weight is 606 g/mol. The Labute approximate surface area is 256 Å². The van der Waals surface area contributed by atoms with Gasteiger partial charge in [0, 0.05) is 0 Å². The SMILES string of the molecule is CCCCCCCCCCCCCCCCSCCCNCCCCCCCCCCCP(=O)(OCC)OCC. The molecule has 1 N–H and O–H groups in total. The third kappa shape index (κ3) is 31.4. The molecule has 0 amide bonds. The molecule has 0 bridgehead atoms. The molecule has 0 unspecified atom stereocenters. The number of rotatable bonds is 35. The van der Waals surface area contributed by atoms with Crippen LogP contribution in [0.5, 0.6) is 0 Å². The summed E-state index contributed by atoms with van der Waals surface area (Å²) in [6.45, 7) is 9.35. The van der Waals surface area contributed by atoms with Crippen LogP contribution in [0.1, 0.15) is 175 Å². The lowest BCUT2D eigenvalue weighted by atomic mass is 10.0. The number of hydrogen-bond donors (Lipinski definition) is 1. The second-order valence-electron chi connectivity index (χ2n) is 11.7. The Morgan fingerprint density at radius 2 is 0.850 bits per heavy atom. The first-order valence-corrected chi connectivity index (χ1v) is 20.7. The molecule has 242 valence electrons. The van der Waals surface area contributed by atoms with Crippen molar-refractivity contribution < 1.29 is 13.6 Å². The van der Waals surface area contributed by atoms with Crippen LogP contribution in [0.4, 0.5) is 0 Å². The van der Waals surface area contributed by atoms with Crippen LogP contribution in [0.2, 0.25) is 0 Å². The minimum Gasteiger partial charge on any atom is -0.317 e. The minimum absolute atomic E-state index is 0.464. The topological polar surface area (TPSA) is 47.6 Å². The highest BCUT2D eigenvalue weighted by Crippen LogP contribution is 2.48. The van der Waals surface area contributed by atoms with Crippen molar-refractivity contribution in [1.29, 1.82) is 0 Å². The second kappa shape index (κ2) is 34.0. The molecule has 0 aliphatic rings. The van der Waals surface area contributed by atoms with Gasteiger partial charge in [0.1, 0.15) is 0 Å². The van der Waals surface area contributed by atoms with Gasteiger partial charge < -0.3 is 14.4 Å². The van der Waals surface area contributed by atoms with Crippen LogP contribution < -0.4 is 5.32 Å². The highest BCUT2D eigenvalue weighted by Gasteiger charge is 2.22. The molecule has 0 rings (SSSR count). The van der Waals surface area contributed by atoms with Gasteiger partial charge in [-0.05, 0) is 64.1 Å². The monoisotopic (exact) mass is 605 g/mol. The zero-order chi connectivity index (χ0) is 29.2. The summed E-state index contributed by atoms with van der Waals surface area (Å²) in [5, 5.41) is 3.64. The zero-order valence-electron chi connectivity index (χ0n) is 27.5. The first kappa shape index (κ1) is 40.5. The maximum absolute atomic E-state index is 12.4. The largest absolute Gasteiger partial charge is 0.330 e. The molecule has 0 fully saturated rings. The predicted octanol–water partition coefficient (Wildman–Crippen LogP) is 12.0. The predicted molar refractivity (Wildman–Crippen MR) is 182 cm³/mol. The van der Waals surface area contributed by atoms with E-state index < -0.39 is 7.60 Å². The van der Waals surface area contributed by atoms with E-state index in [1.807, 2.05) is 13.8 Å². The Hall–Kier alpha value is 0.460. The van der Waals surface area contributed by atoms with Crippen molar-refractivity contribution in [2.24, 2.45) is 0 Å². The fraction of sp³-hybridized carbons (Fsp3) is 1.00. The van der Waals surface area contributed by atoms with Crippen LogP contribution in [0.3, 0.4) is 0 Å². The summed E-state index contributed by atoms with van der Waals surface area (Å²) in [5.74, 6) is 2.68. The Morgan fingerprint density at radius 3 is 1.32 bits per heavy atom. The van der Waals surface area contributed by atoms with Gasteiger partial charge in [0.2, 0.25) is 0 Å². The molecule has 0 spiro atoms. The van der Waals surface area contributed by atoms with Crippen molar-refractivity contribution in [3.8, 4) is 0 Å². The van der Waals surface area contributed by atoms with Crippen molar-refractivity contribution in [2.45, 2.75) is 175 Å². The first-order chi connectivity index (χ1) is 19.7. The Bertz CT molecular complexity index is 513. The zero-order valence-corrected chi connectivity index (χ0v) is 29.2. The van der Waals surface area contributed by atoms with Gasteiger partial charge in [-0.3, -0.25) is 4.57 Å². The Kier molecular flexibility index (Phi) is 34.3. The number of hydrogen-bond acceptors (Lipinski definition) is 5.